The lowest BCUT2D eigenvalue weighted by Crippen LogP contribution is -2.51. The summed E-state index contributed by atoms with van der Waals surface area (Å²) in [6, 6.07) is 14.4. The number of amides is 2. The smallest absolute Gasteiger partial charge is 0.252 e. The van der Waals surface area contributed by atoms with Crippen molar-refractivity contribution < 1.29 is 18.7 Å². The van der Waals surface area contributed by atoms with Gasteiger partial charge in [0, 0.05) is 12.1 Å². The highest BCUT2D eigenvalue weighted by Gasteiger charge is 2.29. The molecule has 1 aliphatic rings. The van der Waals surface area contributed by atoms with E-state index < -0.39 is 17.8 Å². The van der Waals surface area contributed by atoms with Crippen LogP contribution in [0.2, 0.25) is 0 Å². The van der Waals surface area contributed by atoms with Crippen LogP contribution in [0.1, 0.15) is 28.9 Å². The number of hydrogen-bond acceptors (Lipinski definition) is 3. The van der Waals surface area contributed by atoms with E-state index in [1.54, 1.807) is 11.8 Å². The normalized spacial score (nSPS) is 18.2. The molecule has 0 aromatic heterocycles. The molecule has 0 aliphatic carbocycles. The summed E-state index contributed by atoms with van der Waals surface area (Å²) in [4.78, 5) is 26.6. The number of ether oxygens (including phenoxy) is 1. The fourth-order valence-corrected chi connectivity index (χ4v) is 2.96. The van der Waals surface area contributed by atoms with Gasteiger partial charge in [-0.2, -0.15) is 0 Å². The van der Waals surface area contributed by atoms with Gasteiger partial charge in [0.1, 0.15) is 18.0 Å². The second-order valence-corrected chi connectivity index (χ2v) is 6.26. The van der Waals surface area contributed by atoms with Crippen LogP contribution in [0.4, 0.5) is 4.39 Å². The number of halogens is 1. The molecule has 2 amide bonds. The van der Waals surface area contributed by atoms with Crippen molar-refractivity contribution in [3.63, 3.8) is 0 Å². The van der Waals surface area contributed by atoms with Gasteiger partial charge in [0.05, 0.1) is 13.2 Å². The van der Waals surface area contributed by atoms with Crippen molar-refractivity contribution in [1.29, 1.82) is 0 Å². The fraction of sp³-hybridized carbons (Fsp3) is 0.300. The van der Waals surface area contributed by atoms with Crippen molar-refractivity contribution in [2.75, 3.05) is 19.7 Å². The van der Waals surface area contributed by atoms with Crippen LogP contribution in [0.5, 0.6) is 0 Å². The number of carbonyl (C=O) groups excluding carboxylic acids is 2. The molecule has 5 nitrogen and oxygen atoms in total. The first-order chi connectivity index (χ1) is 12.5. The monoisotopic (exact) mass is 356 g/mol. The van der Waals surface area contributed by atoms with Crippen molar-refractivity contribution in [1.82, 2.24) is 10.2 Å². The van der Waals surface area contributed by atoms with Gasteiger partial charge in [-0.15, -0.1) is 0 Å². The molecule has 1 aliphatic heterocycles. The Morgan fingerprint density at radius 1 is 1.19 bits per heavy atom. The fourth-order valence-electron chi connectivity index (χ4n) is 2.96. The Kier molecular flexibility index (Phi) is 5.63. The Hall–Kier alpha value is -2.73. The van der Waals surface area contributed by atoms with Crippen LogP contribution in [0, 0.1) is 5.82 Å². The second kappa shape index (κ2) is 8.10. The Morgan fingerprint density at radius 2 is 1.96 bits per heavy atom. The zero-order valence-electron chi connectivity index (χ0n) is 14.5. The summed E-state index contributed by atoms with van der Waals surface area (Å²) in [5.74, 6) is -1.15. The summed E-state index contributed by atoms with van der Waals surface area (Å²) < 4.78 is 19.0. The average Bonchev–Trinajstić information content (AvgIpc) is 2.68. The van der Waals surface area contributed by atoms with E-state index in [-0.39, 0.29) is 17.6 Å². The summed E-state index contributed by atoms with van der Waals surface area (Å²) in [5, 5.41) is 2.64. The standard InChI is InChI=1S/C20H21FN2O3/c1-14(22-19(24)16-8-5-9-17(21)12-16)20(25)23-10-11-26-18(13-23)15-6-3-2-4-7-15/h2-9,12,14,18H,10-11,13H2,1H3,(H,22,24)/t14-,18?/m0/s1. The molecule has 0 saturated carbocycles. The largest absolute Gasteiger partial charge is 0.370 e. The number of carbonyl (C=O) groups is 2. The topological polar surface area (TPSA) is 58.6 Å². The van der Waals surface area contributed by atoms with E-state index in [2.05, 4.69) is 5.32 Å². The lowest BCUT2D eigenvalue weighted by Gasteiger charge is -2.34. The maximum atomic E-state index is 13.2. The van der Waals surface area contributed by atoms with E-state index in [0.29, 0.717) is 19.7 Å². The minimum atomic E-state index is -0.708. The predicted molar refractivity (Wildman–Crippen MR) is 95.0 cm³/mol. The van der Waals surface area contributed by atoms with Crippen LogP contribution in [-0.2, 0) is 9.53 Å². The van der Waals surface area contributed by atoms with Gasteiger partial charge in [0.15, 0.2) is 0 Å². The van der Waals surface area contributed by atoms with Crippen LogP contribution in [0.25, 0.3) is 0 Å². The van der Waals surface area contributed by atoms with Crippen LogP contribution in [0.3, 0.4) is 0 Å². The molecule has 2 atom stereocenters. The van der Waals surface area contributed by atoms with Crippen molar-refractivity contribution >= 4 is 11.8 Å². The molecule has 0 radical (unpaired) electrons. The second-order valence-electron chi connectivity index (χ2n) is 6.26. The van der Waals surface area contributed by atoms with Gasteiger partial charge in [-0.3, -0.25) is 9.59 Å². The van der Waals surface area contributed by atoms with E-state index in [9.17, 15) is 14.0 Å². The van der Waals surface area contributed by atoms with Crippen LogP contribution < -0.4 is 5.32 Å². The molecule has 0 spiro atoms. The van der Waals surface area contributed by atoms with Crippen LogP contribution in [-0.4, -0.2) is 42.5 Å². The van der Waals surface area contributed by atoms with Gasteiger partial charge < -0.3 is 15.0 Å². The first kappa shape index (κ1) is 18.1. The Balaban J connectivity index is 1.61. The van der Waals surface area contributed by atoms with Crippen molar-refractivity contribution in [2.45, 2.75) is 19.1 Å². The highest BCUT2D eigenvalue weighted by atomic mass is 19.1. The lowest BCUT2D eigenvalue weighted by molar-refractivity contribution is -0.140. The number of nitrogens with one attached hydrogen (secondary N) is 1. The summed E-state index contributed by atoms with van der Waals surface area (Å²) in [7, 11) is 0. The van der Waals surface area contributed by atoms with Crippen molar-refractivity contribution in [2.24, 2.45) is 0 Å². The number of morpholine rings is 1. The highest BCUT2D eigenvalue weighted by molar-refractivity contribution is 5.97. The van der Waals surface area contributed by atoms with E-state index in [0.717, 1.165) is 11.6 Å². The van der Waals surface area contributed by atoms with Gasteiger partial charge in [-0.25, -0.2) is 4.39 Å². The summed E-state index contributed by atoms with van der Waals surface area (Å²) >= 11 is 0. The Morgan fingerprint density at radius 3 is 2.69 bits per heavy atom. The Bertz CT molecular complexity index is 782. The van der Waals surface area contributed by atoms with Gasteiger partial charge >= 0.3 is 0 Å². The molecule has 6 heteroatoms. The molecule has 1 unspecified atom stereocenters. The number of benzene rings is 2. The molecular formula is C20H21FN2O3. The molecule has 1 heterocycles. The summed E-state index contributed by atoms with van der Waals surface area (Å²) in [6.45, 7) is 2.98. The molecule has 1 N–H and O–H groups in total. The van der Waals surface area contributed by atoms with E-state index in [1.807, 2.05) is 30.3 Å². The zero-order chi connectivity index (χ0) is 18.5. The number of rotatable bonds is 4. The molecule has 136 valence electrons. The zero-order valence-corrected chi connectivity index (χ0v) is 14.5. The molecule has 3 rings (SSSR count). The molecule has 26 heavy (non-hydrogen) atoms. The third-order valence-corrected chi connectivity index (χ3v) is 4.35. The summed E-state index contributed by atoms with van der Waals surface area (Å²) in [5.41, 5.74) is 1.20. The number of hydrogen-bond donors (Lipinski definition) is 1. The molecule has 1 fully saturated rings. The lowest BCUT2D eigenvalue weighted by atomic mass is 10.1. The minimum absolute atomic E-state index is 0.181. The molecular weight excluding hydrogens is 335 g/mol. The van der Waals surface area contributed by atoms with E-state index in [1.165, 1.54) is 18.2 Å². The third kappa shape index (κ3) is 4.26. The van der Waals surface area contributed by atoms with Crippen molar-refractivity contribution in [3.05, 3.63) is 71.5 Å². The third-order valence-electron chi connectivity index (χ3n) is 4.35. The van der Waals surface area contributed by atoms with Crippen molar-refractivity contribution in [3.8, 4) is 0 Å². The molecule has 2 aromatic carbocycles. The molecule has 1 saturated heterocycles. The van der Waals surface area contributed by atoms with E-state index >= 15 is 0 Å². The quantitative estimate of drug-likeness (QED) is 0.916. The predicted octanol–water partition coefficient (Wildman–Crippen LogP) is 2.54. The van der Waals surface area contributed by atoms with Gasteiger partial charge in [-0.05, 0) is 30.7 Å². The molecule has 2 aromatic rings. The van der Waals surface area contributed by atoms with Gasteiger partial charge in [0.2, 0.25) is 5.91 Å². The first-order valence-electron chi connectivity index (χ1n) is 8.56. The maximum Gasteiger partial charge on any atom is 0.252 e. The highest BCUT2D eigenvalue weighted by Crippen LogP contribution is 2.22. The summed E-state index contributed by atoms with van der Waals surface area (Å²) in [6.07, 6.45) is -0.181. The van der Waals surface area contributed by atoms with Crippen LogP contribution in [0.15, 0.2) is 54.6 Å². The molecule has 0 bridgehead atoms. The minimum Gasteiger partial charge on any atom is -0.370 e. The number of nitrogens with zero attached hydrogens (tertiary/aromatic N) is 1. The maximum absolute atomic E-state index is 13.2. The van der Waals surface area contributed by atoms with Gasteiger partial charge in [-0.1, -0.05) is 36.4 Å². The first-order valence-corrected chi connectivity index (χ1v) is 8.56. The van der Waals surface area contributed by atoms with Crippen LogP contribution >= 0.6 is 0 Å². The van der Waals surface area contributed by atoms with E-state index in [4.69, 9.17) is 4.74 Å². The Labute approximate surface area is 151 Å². The SMILES string of the molecule is C[C@H](NC(=O)c1cccc(F)c1)C(=O)N1CCOC(c2ccccc2)C1. The average molecular weight is 356 g/mol. The van der Waals surface area contributed by atoms with Gasteiger partial charge in [0.25, 0.3) is 5.91 Å².